The van der Waals surface area contributed by atoms with Crippen LogP contribution in [0.1, 0.15) is 24.4 Å². The Morgan fingerprint density at radius 3 is 2.87 bits per heavy atom. The molecule has 4 rings (SSSR count). The zero-order valence-electron chi connectivity index (χ0n) is 12.9. The van der Waals surface area contributed by atoms with Gasteiger partial charge in [-0.05, 0) is 31.2 Å². The Morgan fingerprint density at radius 1 is 1.22 bits per heavy atom. The lowest BCUT2D eigenvalue weighted by atomic mass is 10.1. The lowest BCUT2D eigenvalue weighted by molar-refractivity contribution is 0.144. The second-order valence-corrected chi connectivity index (χ2v) is 6.39. The number of benzene rings is 1. The van der Waals surface area contributed by atoms with Crippen LogP contribution < -0.4 is 0 Å². The Hall–Kier alpha value is -2.04. The van der Waals surface area contributed by atoms with Gasteiger partial charge in [0.05, 0.1) is 6.54 Å². The normalized spacial score (nSPS) is 18.1. The SMILES string of the molecule is CC1c2cccn2CCN1Cc1cc(-c2ccc(Cl)cc2)no1. The zero-order chi connectivity index (χ0) is 15.8. The minimum atomic E-state index is 0.378. The molecule has 5 heteroatoms. The fraction of sp³-hybridized carbons (Fsp3) is 0.278. The molecule has 1 aromatic carbocycles. The van der Waals surface area contributed by atoms with Gasteiger partial charge in [0.25, 0.3) is 0 Å². The van der Waals surface area contributed by atoms with Crippen LogP contribution in [-0.2, 0) is 13.1 Å². The number of aromatic nitrogens is 2. The lowest BCUT2D eigenvalue weighted by Crippen LogP contribution is -2.35. The average molecular weight is 328 g/mol. The van der Waals surface area contributed by atoms with Gasteiger partial charge in [0.2, 0.25) is 0 Å². The first-order chi connectivity index (χ1) is 11.2. The third-order valence-electron chi connectivity index (χ3n) is 4.53. The highest BCUT2D eigenvalue weighted by Crippen LogP contribution is 2.28. The van der Waals surface area contributed by atoms with Crippen LogP contribution in [0.25, 0.3) is 11.3 Å². The van der Waals surface area contributed by atoms with Gasteiger partial charge in [-0.15, -0.1) is 0 Å². The van der Waals surface area contributed by atoms with Gasteiger partial charge in [-0.3, -0.25) is 4.90 Å². The van der Waals surface area contributed by atoms with E-state index in [0.717, 1.165) is 41.7 Å². The first-order valence-electron chi connectivity index (χ1n) is 7.81. The summed E-state index contributed by atoms with van der Waals surface area (Å²) >= 11 is 5.93. The van der Waals surface area contributed by atoms with Crippen LogP contribution in [0, 0.1) is 0 Å². The van der Waals surface area contributed by atoms with Gasteiger partial charge < -0.3 is 9.09 Å². The minimum absolute atomic E-state index is 0.378. The molecule has 1 aliphatic heterocycles. The summed E-state index contributed by atoms with van der Waals surface area (Å²) in [5, 5.41) is 4.92. The summed E-state index contributed by atoms with van der Waals surface area (Å²) < 4.78 is 7.86. The van der Waals surface area contributed by atoms with Crippen molar-refractivity contribution in [3.05, 3.63) is 65.1 Å². The monoisotopic (exact) mass is 327 g/mol. The molecule has 0 bridgehead atoms. The third-order valence-corrected chi connectivity index (χ3v) is 4.78. The van der Waals surface area contributed by atoms with Crippen LogP contribution in [-0.4, -0.2) is 21.2 Å². The molecule has 0 spiro atoms. The molecule has 0 N–H and O–H groups in total. The highest BCUT2D eigenvalue weighted by Gasteiger charge is 2.24. The maximum atomic E-state index is 5.93. The molecule has 118 valence electrons. The van der Waals surface area contributed by atoms with Crippen LogP contribution in [0.5, 0.6) is 0 Å². The molecule has 2 aromatic heterocycles. The van der Waals surface area contributed by atoms with E-state index >= 15 is 0 Å². The molecule has 0 saturated carbocycles. The van der Waals surface area contributed by atoms with E-state index in [0.29, 0.717) is 6.04 Å². The molecule has 1 aliphatic rings. The fourth-order valence-corrected chi connectivity index (χ4v) is 3.31. The van der Waals surface area contributed by atoms with Gasteiger partial charge >= 0.3 is 0 Å². The van der Waals surface area contributed by atoms with Crippen molar-refractivity contribution in [2.75, 3.05) is 6.54 Å². The Balaban J connectivity index is 1.51. The van der Waals surface area contributed by atoms with Crippen LogP contribution in [0.3, 0.4) is 0 Å². The van der Waals surface area contributed by atoms with Crippen LogP contribution in [0.4, 0.5) is 0 Å². The van der Waals surface area contributed by atoms with Crippen molar-refractivity contribution >= 4 is 11.6 Å². The van der Waals surface area contributed by atoms with Gasteiger partial charge in [0.1, 0.15) is 5.69 Å². The first-order valence-corrected chi connectivity index (χ1v) is 8.19. The Morgan fingerprint density at radius 2 is 2.04 bits per heavy atom. The number of hydrogen-bond acceptors (Lipinski definition) is 3. The first kappa shape index (κ1) is 14.5. The van der Waals surface area contributed by atoms with Crippen molar-refractivity contribution in [3.8, 4) is 11.3 Å². The van der Waals surface area contributed by atoms with Crippen molar-refractivity contribution in [3.63, 3.8) is 0 Å². The highest BCUT2D eigenvalue weighted by atomic mass is 35.5. The molecule has 0 fully saturated rings. The summed E-state index contributed by atoms with van der Waals surface area (Å²) in [6.45, 7) is 5.04. The summed E-state index contributed by atoms with van der Waals surface area (Å²) in [4.78, 5) is 2.42. The quantitative estimate of drug-likeness (QED) is 0.716. The van der Waals surface area contributed by atoms with Gasteiger partial charge in [-0.1, -0.05) is 28.9 Å². The summed E-state index contributed by atoms with van der Waals surface area (Å²) in [5.74, 6) is 0.891. The minimum Gasteiger partial charge on any atom is -0.359 e. The van der Waals surface area contributed by atoms with Crippen molar-refractivity contribution in [2.45, 2.75) is 26.1 Å². The van der Waals surface area contributed by atoms with Gasteiger partial charge in [0.15, 0.2) is 5.76 Å². The van der Waals surface area contributed by atoms with E-state index in [-0.39, 0.29) is 0 Å². The maximum absolute atomic E-state index is 5.93. The fourth-order valence-electron chi connectivity index (χ4n) is 3.19. The van der Waals surface area contributed by atoms with Crippen molar-refractivity contribution in [2.24, 2.45) is 0 Å². The number of halogens is 1. The molecular formula is C18H18ClN3O. The van der Waals surface area contributed by atoms with Gasteiger partial charge in [-0.2, -0.15) is 0 Å². The van der Waals surface area contributed by atoms with E-state index in [2.05, 4.69) is 39.9 Å². The average Bonchev–Trinajstić information content (AvgIpc) is 3.20. The van der Waals surface area contributed by atoms with Crippen LogP contribution in [0.15, 0.2) is 53.2 Å². The van der Waals surface area contributed by atoms with E-state index in [1.54, 1.807) is 0 Å². The molecule has 0 saturated heterocycles. The molecule has 0 amide bonds. The number of nitrogens with zero attached hydrogens (tertiary/aromatic N) is 3. The van der Waals surface area contributed by atoms with E-state index in [1.807, 2.05) is 30.3 Å². The largest absolute Gasteiger partial charge is 0.359 e. The topological polar surface area (TPSA) is 34.2 Å². The molecule has 1 unspecified atom stereocenters. The summed E-state index contributed by atoms with van der Waals surface area (Å²) in [5.41, 5.74) is 3.23. The zero-order valence-corrected chi connectivity index (χ0v) is 13.7. The molecule has 3 heterocycles. The van der Waals surface area contributed by atoms with Crippen molar-refractivity contribution in [1.82, 2.24) is 14.6 Å². The third kappa shape index (κ3) is 2.80. The molecule has 4 nitrogen and oxygen atoms in total. The molecule has 23 heavy (non-hydrogen) atoms. The molecule has 1 atom stereocenters. The maximum Gasteiger partial charge on any atom is 0.151 e. The van der Waals surface area contributed by atoms with Crippen molar-refractivity contribution in [1.29, 1.82) is 0 Å². The predicted molar refractivity (Wildman–Crippen MR) is 90.2 cm³/mol. The number of rotatable bonds is 3. The van der Waals surface area contributed by atoms with Crippen LogP contribution >= 0.6 is 11.6 Å². The van der Waals surface area contributed by atoms with E-state index < -0.39 is 0 Å². The van der Waals surface area contributed by atoms with Crippen LogP contribution in [0.2, 0.25) is 5.02 Å². The highest BCUT2D eigenvalue weighted by molar-refractivity contribution is 6.30. The molecule has 0 aliphatic carbocycles. The Kier molecular flexibility index (Phi) is 3.71. The lowest BCUT2D eigenvalue weighted by Gasteiger charge is -2.34. The Labute approximate surface area is 140 Å². The van der Waals surface area contributed by atoms with Gasteiger partial charge in [-0.25, -0.2) is 0 Å². The van der Waals surface area contributed by atoms with E-state index in [4.69, 9.17) is 16.1 Å². The standard InChI is InChI=1S/C18H18ClN3O/c1-13-18-3-2-8-21(18)9-10-22(13)12-16-11-17(20-23-16)14-4-6-15(19)7-5-14/h2-8,11,13H,9-10,12H2,1H3. The Bertz CT molecular complexity index is 806. The second-order valence-electron chi connectivity index (χ2n) is 5.96. The second kappa shape index (κ2) is 5.87. The number of hydrogen-bond donors (Lipinski definition) is 0. The molecular weight excluding hydrogens is 310 g/mol. The van der Waals surface area contributed by atoms with Crippen molar-refractivity contribution < 1.29 is 4.52 Å². The summed E-state index contributed by atoms with van der Waals surface area (Å²) in [6.07, 6.45) is 2.15. The smallest absolute Gasteiger partial charge is 0.151 e. The summed E-state index contributed by atoms with van der Waals surface area (Å²) in [6, 6.07) is 14.4. The van der Waals surface area contributed by atoms with Gasteiger partial charge in [0, 0.05) is 47.7 Å². The van der Waals surface area contributed by atoms with E-state index in [1.165, 1.54) is 5.69 Å². The molecule has 3 aromatic rings. The summed E-state index contributed by atoms with van der Waals surface area (Å²) in [7, 11) is 0. The molecule has 0 radical (unpaired) electrons. The predicted octanol–water partition coefficient (Wildman–Crippen LogP) is 4.37. The van der Waals surface area contributed by atoms with E-state index in [9.17, 15) is 0 Å². The number of fused-ring (bicyclic) bond motifs is 1.